The summed E-state index contributed by atoms with van der Waals surface area (Å²) in [6, 6.07) is 8.00. The molecule has 2 heterocycles. The van der Waals surface area contributed by atoms with E-state index in [1.807, 2.05) is 29.9 Å². The van der Waals surface area contributed by atoms with Crippen LogP contribution in [0.1, 0.15) is 15.9 Å². The van der Waals surface area contributed by atoms with Crippen LogP contribution in [0.4, 0.5) is 5.69 Å². The summed E-state index contributed by atoms with van der Waals surface area (Å²) in [7, 11) is 1.89. The maximum Gasteiger partial charge on any atom is 0.235 e. The van der Waals surface area contributed by atoms with Gasteiger partial charge in [-0.25, -0.2) is 0 Å². The summed E-state index contributed by atoms with van der Waals surface area (Å²) in [5, 5.41) is 20.2. The lowest BCUT2D eigenvalue weighted by Gasteiger charge is -2.00. The number of aromatic nitrogens is 1. The Morgan fingerprint density at radius 2 is 2.04 bits per heavy atom. The summed E-state index contributed by atoms with van der Waals surface area (Å²) >= 11 is 0. The number of fused-ring (bicyclic) bond motifs is 2. The van der Waals surface area contributed by atoms with Crippen molar-refractivity contribution in [3.05, 3.63) is 53.4 Å². The number of allylic oxidation sites excluding steroid dienone is 1. The van der Waals surface area contributed by atoms with Gasteiger partial charge in [0, 0.05) is 42.0 Å². The molecule has 0 saturated heterocycles. The minimum Gasteiger partial charge on any atom is -0.508 e. The Morgan fingerprint density at radius 1 is 1.25 bits per heavy atom. The monoisotopic (exact) mass is 322 g/mol. The number of Topliss-reactive ketones (excluding diaryl/α,β-unsaturated/α-hetero) is 1. The van der Waals surface area contributed by atoms with Gasteiger partial charge in [0.15, 0.2) is 5.76 Å². The van der Waals surface area contributed by atoms with E-state index in [0.717, 1.165) is 22.5 Å². The molecular formula is C18H14N2O4. The number of anilines is 1. The molecule has 6 nitrogen and oxygen atoms in total. The van der Waals surface area contributed by atoms with Crippen LogP contribution in [0.3, 0.4) is 0 Å². The number of hydrogen-bond donors (Lipinski definition) is 3. The van der Waals surface area contributed by atoms with Crippen LogP contribution in [0.2, 0.25) is 0 Å². The second-order valence-corrected chi connectivity index (χ2v) is 5.71. The van der Waals surface area contributed by atoms with Gasteiger partial charge in [0.1, 0.15) is 22.8 Å². The average Bonchev–Trinajstić information content (AvgIpc) is 2.99. The molecule has 3 aromatic rings. The van der Waals surface area contributed by atoms with E-state index >= 15 is 0 Å². The Kier molecular flexibility index (Phi) is 2.83. The lowest BCUT2D eigenvalue weighted by Crippen LogP contribution is -1.98. The van der Waals surface area contributed by atoms with Gasteiger partial charge in [-0.15, -0.1) is 0 Å². The first-order valence-corrected chi connectivity index (χ1v) is 7.29. The number of aryl methyl sites for hydroxylation is 1. The molecule has 4 rings (SSSR count). The van der Waals surface area contributed by atoms with Gasteiger partial charge in [-0.2, -0.15) is 0 Å². The van der Waals surface area contributed by atoms with E-state index < -0.39 is 5.78 Å². The topological polar surface area (TPSA) is 97.7 Å². The number of phenolic OH excluding ortho intramolecular Hbond substituents is 2. The molecule has 0 saturated carbocycles. The fourth-order valence-corrected chi connectivity index (χ4v) is 3.04. The molecule has 4 N–H and O–H groups in total. The summed E-state index contributed by atoms with van der Waals surface area (Å²) in [6.07, 6.45) is 3.45. The molecular weight excluding hydrogens is 308 g/mol. The molecule has 1 aliphatic rings. The number of rotatable bonds is 1. The Hall–Kier alpha value is -3.41. The number of phenols is 2. The Morgan fingerprint density at radius 3 is 2.83 bits per heavy atom. The van der Waals surface area contributed by atoms with Crippen molar-refractivity contribution in [3.8, 4) is 17.2 Å². The van der Waals surface area contributed by atoms with Crippen LogP contribution >= 0.6 is 0 Å². The largest absolute Gasteiger partial charge is 0.508 e. The van der Waals surface area contributed by atoms with Crippen molar-refractivity contribution in [1.82, 2.24) is 4.57 Å². The van der Waals surface area contributed by atoms with Gasteiger partial charge in [-0.3, -0.25) is 4.79 Å². The van der Waals surface area contributed by atoms with Gasteiger partial charge < -0.3 is 25.3 Å². The van der Waals surface area contributed by atoms with Crippen molar-refractivity contribution in [2.45, 2.75) is 0 Å². The van der Waals surface area contributed by atoms with Gasteiger partial charge in [-0.1, -0.05) is 6.07 Å². The van der Waals surface area contributed by atoms with Crippen LogP contribution < -0.4 is 10.5 Å². The van der Waals surface area contributed by atoms with Crippen molar-refractivity contribution in [3.63, 3.8) is 0 Å². The van der Waals surface area contributed by atoms with Crippen molar-refractivity contribution in [1.29, 1.82) is 0 Å². The van der Waals surface area contributed by atoms with Crippen molar-refractivity contribution >= 4 is 28.4 Å². The molecule has 120 valence electrons. The first-order chi connectivity index (χ1) is 11.5. The third kappa shape index (κ3) is 1.93. The third-order valence-corrected chi connectivity index (χ3v) is 4.10. The maximum atomic E-state index is 12.5. The Bertz CT molecular complexity index is 1050. The lowest BCUT2D eigenvalue weighted by molar-refractivity contribution is 0.101. The normalized spacial score (nSPS) is 15.0. The van der Waals surface area contributed by atoms with Gasteiger partial charge in [-0.05, 0) is 18.2 Å². The molecule has 0 bridgehead atoms. The number of nitrogens with zero attached hydrogens (tertiary/aromatic N) is 1. The smallest absolute Gasteiger partial charge is 0.235 e. The van der Waals surface area contributed by atoms with Crippen LogP contribution in [0.5, 0.6) is 17.2 Å². The van der Waals surface area contributed by atoms with E-state index in [2.05, 4.69) is 0 Å². The van der Waals surface area contributed by atoms with Crippen molar-refractivity contribution in [2.24, 2.45) is 7.05 Å². The second kappa shape index (κ2) is 4.79. The SMILES string of the molecule is Cn1cc(/C=C2\Oc3cc(O)cc(O)c3C2=O)c2c(N)cccc21. The fraction of sp³-hybridized carbons (Fsp3) is 0.0556. The summed E-state index contributed by atoms with van der Waals surface area (Å²) in [4.78, 5) is 12.5. The van der Waals surface area contributed by atoms with Gasteiger partial charge in [0.05, 0.1) is 5.52 Å². The number of carbonyl (C=O) groups is 1. The maximum absolute atomic E-state index is 12.5. The minimum atomic E-state index is -0.436. The molecule has 1 aromatic heterocycles. The molecule has 6 heteroatoms. The van der Waals surface area contributed by atoms with Crippen LogP contribution in [-0.2, 0) is 7.05 Å². The number of nitrogen functional groups attached to an aromatic ring is 1. The van der Waals surface area contributed by atoms with E-state index in [-0.39, 0.29) is 28.6 Å². The first-order valence-electron chi connectivity index (χ1n) is 7.29. The molecule has 24 heavy (non-hydrogen) atoms. The minimum absolute atomic E-state index is 0.0484. The lowest BCUT2D eigenvalue weighted by atomic mass is 10.1. The summed E-state index contributed by atoms with van der Waals surface area (Å²) < 4.78 is 7.44. The number of nitrogens with two attached hydrogens (primary N) is 1. The van der Waals surface area contributed by atoms with Crippen LogP contribution in [0.25, 0.3) is 17.0 Å². The third-order valence-electron chi connectivity index (χ3n) is 4.10. The van der Waals surface area contributed by atoms with E-state index in [1.54, 1.807) is 12.1 Å². The zero-order chi connectivity index (χ0) is 17.0. The summed E-state index contributed by atoms with van der Waals surface area (Å²) in [6.45, 7) is 0. The number of ketones is 1. The highest BCUT2D eigenvalue weighted by Gasteiger charge is 2.31. The number of aromatic hydroxyl groups is 2. The Labute approximate surface area is 137 Å². The average molecular weight is 322 g/mol. The number of ether oxygens (including phenoxy) is 1. The molecule has 1 aliphatic heterocycles. The molecule has 0 amide bonds. The Balaban J connectivity index is 1.87. The zero-order valence-electron chi connectivity index (χ0n) is 12.8. The molecule has 2 aromatic carbocycles. The first kappa shape index (κ1) is 14.2. The molecule has 0 unspecified atom stereocenters. The highest BCUT2D eigenvalue weighted by Crippen LogP contribution is 2.41. The van der Waals surface area contributed by atoms with Crippen LogP contribution in [0, 0.1) is 0 Å². The van der Waals surface area contributed by atoms with Crippen LogP contribution in [-0.4, -0.2) is 20.6 Å². The summed E-state index contributed by atoms with van der Waals surface area (Å²) in [5.41, 5.74) is 8.39. The van der Waals surface area contributed by atoms with E-state index in [4.69, 9.17) is 10.5 Å². The van der Waals surface area contributed by atoms with E-state index in [9.17, 15) is 15.0 Å². The van der Waals surface area contributed by atoms with Crippen molar-refractivity contribution < 1.29 is 19.7 Å². The van der Waals surface area contributed by atoms with Gasteiger partial charge in [0.25, 0.3) is 0 Å². The highest BCUT2D eigenvalue weighted by molar-refractivity contribution is 6.17. The predicted octanol–water partition coefficient (Wildman–Crippen LogP) is 2.79. The zero-order valence-corrected chi connectivity index (χ0v) is 12.8. The van der Waals surface area contributed by atoms with E-state index in [1.165, 1.54) is 6.07 Å². The number of hydrogen-bond acceptors (Lipinski definition) is 5. The molecule has 0 fully saturated rings. The predicted molar refractivity (Wildman–Crippen MR) is 90.0 cm³/mol. The highest BCUT2D eigenvalue weighted by atomic mass is 16.5. The number of carbonyl (C=O) groups excluding carboxylic acids is 1. The standard InChI is InChI=1S/C18H14N2O4/c1-20-8-9(16-11(19)3-2-4-12(16)20)5-15-18(23)17-13(22)6-10(21)7-14(17)24-15/h2-8,21-22H,19H2,1H3/b15-5-. The second-order valence-electron chi connectivity index (χ2n) is 5.71. The molecule has 0 aliphatic carbocycles. The quantitative estimate of drug-likeness (QED) is 0.473. The van der Waals surface area contributed by atoms with Gasteiger partial charge >= 0.3 is 0 Å². The molecule has 0 radical (unpaired) electrons. The fourth-order valence-electron chi connectivity index (χ4n) is 3.04. The van der Waals surface area contributed by atoms with Crippen molar-refractivity contribution in [2.75, 3.05) is 5.73 Å². The molecule has 0 atom stereocenters. The van der Waals surface area contributed by atoms with Gasteiger partial charge in [0.2, 0.25) is 5.78 Å². The summed E-state index contributed by atoms with van der Waals surface area (Å²) in [5.74, 6) is -0.710. The molecule has 0 spiro atoms. The number of benzene rings is 2. The van der Waals surface area contributed by atoms with E-state index in [0.29, 0.717) is 5.69 Å². The van der Waals surface area contributed by atoms with Crippen LogP contribution in [0.15, 0.2) is 42.3 Å².